The molecule has 0 aromatic heterocycles. The lowest BCUT2D eigenvalue weighted by Crippen LogP contribution is -2.42. The van der Waals surface area contributed by atoms with Crippen molar-refractivity contribution in [2.45, 2.75) is 12.8 Å². The van der Waals surface area contributed by atoms with Crippen molar-refractivity contribution in [3.8, 4) is 5.75 Å². The summed E-state index contributed by atoms with van der Waals surface area (Å²) in [6, 6.07) is 11.3. The van der Waals surface area contributed by atoms with E-state index in [1.165, 1.54) is 18.3 Å². The Morgan fingerprint density at radius 1 is 1.24 bits per heavy atom. The maximum absolute atomic E-state index is 13.7. The van der Waals surface area contributed by atoms with Crippen LogP contribution in [0.15, 0.2) is 47.6 Å². The zero-order valence-electron chi connectivity index (χ0n) is 15.9. The number of rotatable bonds is 5. The van der Waals surface area contributed by atoms with Crippen molar-refractivity contribution in [1.29, 1.82) is 0 Å². The number of piperidine rings is 1. The fourth-order valence-corrected chi connectivity index (χ4v) is 3.38. The summed E-state index contributed by atoms with van der Waals surface area (Å²) < 4.78 is 18.9. The number of amides is 2. The number of nitrogens with zero attached hydrogens (tertiary/aromatic N) is 2. The molecule has 0 spiro atoms. The lowest BCUT2D eigenvalue weighted by Gasteiger charge is -2.31. The minimum absolute atomic E-state index is 0.0880. The number of carbonyl (C=O) groups is 2. The van der Waals surface area contributed by atoms with Crippen LogP contribution in [0.3, 0.4) is 0 Å². The van der Waals surface area contributed by atoms with Gasteiger partial charge in [0.2, 0.25) is 5.91 Å². The third kappa shape index (κ3) is 5.12. The van der Waals surface area contributed by atoms with E-state index in [1.807, 2.05) is 0 Å². The quantitative estimate of drug-likeness (QED) is 0.598. The van der Waals surface area contributed by atoms with Gasteiger partial charge in [0.05, 0.1) is 18.3 Å². The Labute approximate surface area is 173 Å². The summed E-state index contributed by atoms with van der Waals surface area (Å²) in [5.41, 5.74) is 3.10. The van der Waals surface area contributed by atoms with Crippen LogP contribution in [0.1, 0.15) is 28.8 Å². The number of methoxy groups -OCH3 is 1. The molecule has 3 rings (SSSR count). The number of carbonyl (C=O) groups excluding carboxylic acids is 2. The molecule has 1 N–H and O–H groups in total. The number of benzene rings is 2. The Morgan fingerprint density at radius 3 is 2.66 bits per heavy atom. The lowest BCUT2D eigenvalue weighted by atomic mass is 9.95. The second-order valence-electron chi connectivity index (χ2n) is 6.67. The van der Waals surface area contributed by atoms with Crippen LogP contribution in [0.4, 0.5) is 4.39 Å². The number of hydrazone groups is 1. The zero-order valence-corrected chi connectivity index (χ0v) is 16.7. The van der Waals surface area contributed by atoms with Crippen LogP contribution in [0.5, 0.6) is 5.75 Å². The fraction of sp³-hybridized carbons (Fsp3) is 0.286. The van der Waals surface area contributed by atoms with Gasteiger partial charge in [-0.3, -0.25) is 9.59 Å². The Morgan fingerprint density at radius 2 is 1.97 bits per heavy atom. The van der Waals surface area contributed by atoms with E-state index in [0.29, 0.717) is 37.2 Å². The molecular formula is C21H21ClFN3O3. The summed E-state index contributed by atoms with van der Waals surface area (Å²) in [4.78, 5) is 26.7. The molecule has 29 heavy (non-hydrogen) atoms. The molecule has 152 valence electrons. The number of hydrogen-bond donors (Lipinski definition) is 1. The molecule has 1 heterocycles. The number of hydrogen-bond acceptors (Lipinski definition) is 4. The van der Waals surface area contributed by atoms with E-state index < -0.39 is 5.82 Å². The summed E-state index contributed by atoms with van der Waals surface area (Å²) in [6.45, 7) is 0.938. The second-order valence-corrected chi connectivity index (χ2v) is 7.08. The highest BCUT2D eigenvalue weighted by atomic mass is 35.5. The van der Waals surface area contributed by atoms with Crippen LogP contribution < -0.4 is 10.2 Å². The highest BCUT2D eigenvalue weighted by Gasteiger charge is 2.27. The smallest absolute Gasteiger partial charge is 0.253 e. The van der Waals surface area contributed by atoms with Gasteiger partial charge in [0.1, 0.15) is 11.6 Å². The highest BCUT2D eigenvalue weighted by molar-refractivity contribution is 6.33. The Kier molecular flexibility index (Phi) is 6.82. The zero-order chi connectivity index (χ0) is 20.8. The molecule has 2 aromatic carbocycles. The van der Waals surface area contributed by atoms with Crippen molar-refractivity contribution >= 4 is 29.6 Å². The summed E-state index contributed by atoms with van der Waals surface area (Å²) in [6.07, 6.45) is 2.24. The van der Waals surface area contributed by atoms with Crippen LogP contribution in [0.2, 0.25) is 5.02 Å². The van der Waals surface area contributed by atoms with E-state index in [-0.39, 0.29) is 28.3 Å². The summed E-state index contributed by atoms with van der Waals surface area (Å²) in [5.74, 6) is -0.507. The monoisotopic (exact) mass is 417 g/mol. The third-order valence-electron chi connectivity index (χ3n) is 4.84. The van der Waals surface area contributed by atoms with Crippen LogP contribution >= 0.6 is 11.6 Å². The van der Waals surface area contributed by atoms with Gasteiger partial charge in [-0.25, -0.2) is 9.82 Å². The topological polar surface area (TPSA) is 71.0 Å². The van der Waals surface area contributed by atoms with Gasteiger partial charge in [-0.05, 0) is 43.2 Å². The van der Waals surface area contributed by atoms with Gasteiger partial charge in [-0.2, -0.15) is 5.10 Å². The van der Waals surface area contributed by atoms with Gasteiger partial charge in [-0.1, -0.05) is 23.7 Å². The Balaban J connectivity index is 1.53. The molecule has 1 aliphatic rings. The molecule has 8 heteroatoms. The average molecular weight is 418 g/mol. The number of likely N-dealkylation sites (tertiary alicyclic amines) is 1. The van der Waals surface area contributed by atoms with E-state index in [2.05, 4.69) is 10.5 Å². The lowest BCUT2D eigenvalue weighted by molar-refractivity contribution is -0.126. The SMILES string of the molecule is COc1cccc(C(=O)N2CCC(C(=O)N/N=C\c3c(F)cccc3Cl)CC2)c1. The summed E-state index contributed by atoms with van der Waals surface area (Å²) in [5, 5.41) is 4.03. The van der Waals surface area contributed by atoms with Crippen LogP contribution in [0.25, 0.3) is 0 Å². The second kappa shape index (κ2) is 9.52. The Bertz CT molecular complexity index is 907. The van der Waals surface area contributed by atoms with Crippen LogP contribution in [0, 0.1) is 11.7 Å². The number of ether oxygens (including phenoxy) is 1. The minimum atomic E-state index is -0.514. The van der Waals surface area contributed by atoms with Crippen molar-refractivity contribution in [2.75, 3.05) is 20.2 Å². The van der Waals surface area contributed by atoms with Gasteiger partial charge in [-0.15, -0.1) is 0 Å². The predicted octanol–water partition coefficient (Wildman–Crippen LogP) is 3.49. The number of nitrogens with one attached hydrogen (secondary N) is 1. The maximum atomic E-state index is 13.7. The summed E-state index contributed by atoms with van der Waals surface area (Å²) in [7, 11) is 1.55. The van der Waals surface area contributed by atoms with Gasteiger partial charge in [0.25, 0.3) is 5.91 Å². The molecule has 0 aliphatic carbocycles. The van der Waals surface area contributed by atoms with E-state index >= 15 is 0 Å². The van der Waals surface area contributed by atoms with Crippen molar-refractivity contribution in [3.05, 3.63) is 64.4 Å². The van der Waals surface area contributed by atoms with Gasteiger partial charge >= 0.3 is 0 Å². The van der Waals surface area contributed by atoms with Crippen LogP contribution in [-0.4, -0.2) is 43.1 Å². The summed E-state index contributed by atoms with van der Waals surface area (Å²) >= 11 is 5.92. The molecule has 0 unspecified atom stereocenters. The van der Waals surface area contributed by atoms with E-state index in [9.17, 15) is 14.0 Å². The molecule has 1 fully saturated rings. The van der Waals surface area contributed by atoms with Gasteiger partial charge in [0.15, 0.2) is 0 Å². The standard InChI is InChI=1S/C21H21ClFN3O3/c1-29-16-5-2-4-15(12-16)21(28)26-10-8-14(9-11-26)20(27)25-24-13-17-18(22)6-3-7-19(17)23/h2-7,12-14H,8-11H2,1H3,(H,25,27)/b24-13-. The van der Waals surface area contributed by atoms with Crippen molar-refractivity contribution in [2.24, 2.45) is 11.0 Å². The third-order valence-corrected chi connectivity index (χ3v) is 5.17. The van der Waals surface area contributed by atoms with E-state index in [4.69, 9.17) is 16.3 Å². The maximum Gasteiger partial charge on any atom is 0.253 e. The van der Waals surface area contributed by atoms with Crippen molar-refractivity contribution in [3.63, 3.8) is 0 Å². The minimum Gasteiger partial charge on any atom is -0.497 e. The highest BCUT2D eigenvalue weighted by Crippen LogP contribution is 2.21. The van der Waals surface area contributed by atoms with E-state index in [1.54, 1.807) is 42.3 Å². The molecule has 1 aliphatic heterocycles. The molecule has 0 bridgehead atoms. The average Bonchev–Trinajstić information content (AvgIpc) is 2.75. The van der Waals surface area contributed by atoms with Crippen molar-refractivity contribution in [1.82, 2.24) is 10.3 Å². The molecule has 0 saturated carbocycles. The first-order valence-corrected chi connectivity index (χ1v) is 9.57. The van der Waals surface area contributed by atoms with Gasteiger partial charge < -0.3 is 9.64 Å². The largest absolute Gasteiger partial charge is 0.497 e. The van der Waals surface area contributed by atoms with Gasteiger partial charge in [0, 0.05) is 30.1 Å². The van der Waals surface area contributed by atoms with E-state index in [0.717, 1.165) is 0 Å². The first-order valence-electron chi connectivity index (χ1n) is 9.20. The molecular weight excluding hydrogens is 397 g/mol. The predicted molar refractivity (Wildman–Crippen MR) is 109 cm³/mol. The molecule has 6 nitrogen and oxygen atoms in total. The normalized spacial score (nSPS) is 14.8. The first kappa shape index (κ1) is 20.8. The fourth-order valence-electron chi connectivity index (χ4n) is 3.17. The molecule has 0 radical (unpaired) electrons. The number of halogens is 2. The molecule has 0 atom stereocenters. The van der Waals surface area contributed by atoms with Crippen LogP contribution in [-0.2, 0) is 4.79 Å². The molecule has 1 saturated heterocycles. The first-order chi connectivity index (χ1) is 14.0. The Hall–Kier alpha value is -2.93. The molecule has 2 aromatic rings. The molecule has 2 amide bonds. The van der Waals surface area contributed by atoms with Crippen molar-refractivity contribution < 1.29 is 18.7 Å².